The summed E-state index contributed by atoms with van der Waals surface area (Å²) in [5, 5.41) is 0. The standard InChI is InChI=1S/C16H18ClNO3S2/c1-12-3-6-14(7-4-12)23(20,21)10-9-16(19)18(2)11-13-5-8-15(17)22-13/h3-8H,9-11H2,1-2H3. The van der Waals surface area contributed by atoms with Crippen molar-refractivity contribution >= 4 is 38.7 Å². The molecule has 124 valence electrons. The number of aryl methyl sites for hydroxylation is 1. The summed E-state index contributed by atoms with van der Waals surface area (Å²) in [6.45, 7) is 2.33. The lowest BCUT2D eigenvalue weighted by molar-refractivity contribution is -0.129. The lowest BCUT2D eigenvalue weighted by Crippen LogP contribution is -2.27. The van der Waals surface area contributed by atoms with Crippen LogP contribution < -0.4 is 0 Å². The number of amides is 1. The highest BCUT2D eigenvalue weighted by molar-refractivity contribution is 7.91. The molecule has 1 heterocycles. The number of carbonyl (C=O) groups is 1. The van der Waals surface area contributed by atoms with Crippen molar-refractivity contribution in [2.24, 2.45) is 0 Å². The van der Waals surface area contributed by atoms with E-state index >= 15 is 0 Å². The van der Waals surface area contributed by atoms with E-state index in [1.54, 1.807) is 37.4 Å². The van der Waals surface area contributed by atoms with Crippen LogP contribution >= 0.6 is 22.9 Å². The maximum absolute atomic E-state index is 12.2. The van der Waals surface area contributed by atoms with E-state index in [2.05, 4.69) is 0 Å². The number of hydrogen-bond acceptors (Lipinski definition) is 4. The summed E-state index contributed by atoms with van der Waals surface area (Å²) in [7, 11) is -1.78. The number of carbonyl (C=O) groups excluding carboxylic acids is 1. The number of rotatable bonds is 6. The van der Waals surface area contributed by atoms with Crippen LogP contribution in [0.4, 0.5) is 0 Å². The first-order chi connectivity index (χ1) is 10.8. The highest BCUT2D eigenvalue weighted by Gasteiger charge is 2.18. The quantitative estimate of drug-likeness (QED) is 0.780. The van der Waals surface area contributed by atoms with Crippen LogP contribution in [0.1, 0.15) is 16.9 Å². The van der Waals surface area contributed by atoms with Gasteiger partial charge in [-0.05, 0) is 31.2 Å². The summed E-state index contributed by atoms with van der Waals surface area (Å²) in [5.74, 6) is -0.394. The lowest BCUT2D eigenvalue weighted by Gasteiger charge is -2.16. The van der Waals surface area contributed by atoms with Crippen LogP contribution in [0.15, 0.2) is 41.3 Å². The van der Waals surface area contributed by atoms with E-state index in [1.807, 2.05) is 13.0 Å². The molecular formula is C16H18ClNO3S2. The highest BCUT2D eigenvalue weighted by Crippen LogP contribution is 2.22. The molecule has 4 nitrogen and oxygen atoms in total. The van der Waals surface area contributed by atoms with Gasteiger partial charge in [0.05, 0.1) is 21.5 Å². The zero-order valence-corrected chi connectivity index (χ0v) is 15.3. The second kappa shape index (κ2) is 7.47. The van der Waals surface area contributed by atoms with Gasteiger partial charge in [-0.2, -0.15) is 0 Å². The largest absolute Gasteiger partial charge is 0.341 e. The minimum absolute atomic E-state index is 0.0359. The number of thiophene rings is 1. The molecule has 0 aliphatic heterocycles. The van der Waals surface area contributed by atoms with Crippen molar-refractivity contribution in [3.05, 3.63) is 51.2 Å². The van der Waals surface area contributed by atoms with E-state index in [9.17, 15) is 13.2 Å². The topological polar surface area (TPSA) is 54.5 Å². The third-order valence-electron chi connectivity index (χ3n) is 3.41. The first-order valence-corrected chi connectivity index (χ1v) is 9.90. The summed E-state index contributed by atoms with van der Waals surface area (Å²) in [6.07, 6.45) is -0.0359. The Bertz CT molecular complexity index is 782. The van der Waals surface area contributed by atoms with Crippen molar-refractivity contribution in [2.75, 3.05) is 12.8 Å². The van der Waals surface area contributed by atoms with Gasteiger partial charge in [-0.1, -0.05) is 29.3 Å². The summed E-state index contributed by atoms with van der Waals surface area (Å²) in [4.78, 5) is 14.9. The van der Waals surface area contributed by atoms with Gasteiger partial charge in [-0.15, -0.1) is 11.3 Å². The third kappa shape index (κ3) is 5.06. The van der Waals surface area contributed by atoms with Gasteiger partial charge >= 0.3 is 0 Å². The van der Waals surface area contributed by atoms with E-state index < -0.39 is 9.84 Å². The molecule has 7 heteroatoms. The van der Waals surface area contributed by atoms with E-state index in [1.165, 1.54) is 16.2 Å². The van der Waals surface area contributed by atoms with Gasteiger partial charge in [0, 0.05) is 18.3 Å². The van der Waals surface area contributed by atoms with Crippen molar-refractivity contribution in [3.63, 3.8) is 0 Å². The van der Waals surface area contributed by atoms with Crippen LogP contribution in [-0.4, -0.2) is 32.0 Å². The molecule has 0 aliphatic carbocycles. The number of benzene rings is 1. The summed E-state index contributed by atoms with van der Waals surface area (Å²) in [6, 6.07) is 10.3. The highest BCUT2D eigenvalue weighted by atomic mass is 35.5. The first kappa shape index (κ1) is 18.0. The van der Waals surface area contributed by atoms with E-state index in [0.29, 0.717) is 10.9 Å². The van der Waals surface area contributed by atoms with Crippen LogP contribution in [0.5, 0.6) is 0 Å². The zero-order chi connectivity index (χ0) is 17.0. The lowest BCUT2D eigenvalue weighted by atomic mass is 10.2. The predicted molar refractivity (Wildman–Crippen MR) is 93.7 cm³/mol. The fourth-order valence-electron chi connectivity index (χ4n) is 2.03. The van der Waals surface area contributed by atoms with Crippen molar-refractivity contribution in [1.82, 2.24) is 4.90 Å². The Kier molecular flexibility index (Phi) is 5.84. The van der Waals surface area contributed by atoms with Gasteiger partial charge in [-0.25, -0.2) is 8.42 Å². The maximum atomic E-state index is 12.2. The Labute approximate surface area is 145 Å². The Morgan fingerprint density at radius 2 is 1.83 bits per heavy atom. The van der Waals surface area contributed by atoms with Crippen LogP contribution in [0.2, 0.25) is 4.34 Å². The van der Waals surface area contributed by atoms with Gasteiger partial charge in [0.2, 0.25) is 5.91 Å². The van der Waals surface area contributed by atoms with Gasteiger partial charge in [0.15, 0.2) is 9.84 Å². The van der Waals surface area contributed by atoms with E-state index in [0.717, 1.165) is 10.4 Å². The number of halogens is 1. The van der Waals surface area contributed by atoms with Crippen LogP contribution in [0, 0.1) is 6.92 Å². The molecule has 0 spiro atoms. The summed E-state index contributed by atoms with van der Waals surface area (Å²) in [5.41, 5.74) is 0.995. The number of sulfone groups is 1. The first-order valence-electron chi connectivity index (χ1n) is 7.05. The van der Waals surface area contributed by atoms with E-state index in [4.69, 9.17) is 11.6 Å². The van der Waals surface area contributed by atoms with Gasteiger partial charge in [0.25, 0.3) is 0 Å². The van der Waals surface area contributed by atoms with E-state index in [-0.39, 0.29) is 23.0 Å². The number of nitrogens with zero attached hydrogens (tertiary/aromatic N) is 1. The molecule has 2 aromatic rings. The molecule has 2 rings (SSSR count). The normalized spacial score (nSPS) is 11.4. The monoisotopic (exact) mass is 371 g/mol. The smallest absolute Gasteiger partial charge is 0.223 e. The predicted octanol–water partition coefficient (Wildman–Crippen LogP) is 3.53. The average molecular weight is 372 g/mol. The minimum Gasteiger partial charge on any atom is -0.341 e. The van der Waals surface area contributed by atoms with Crippen molar-refractivity contribution in [3.8, 4) is 0 Å². The molecule has 0 bridgehead atoms. The molecule has 1 amide bonds. The van der Waals surface area contributed by atoms with Crippen molar-refractivity contribution < 1.29 is 13.2 Å². The molecule has 0 saturated carbocycles. The molecule has 0 radical (unpaired) electrons. The Morgan fingerprint density at radius 1 is 1.17 bits per heavy atom. The fraction of sp³-hybridized carbons (Fsp3) is 0.312. The van der Waals surface area contributed by atoms with Gasteiger partial charge in [-0.3, -0.25) is 4.79 Å². The van der Waals surface area contributed by atoms with Crippen LogP contribution in [-0.2, 0) is 21.2 Å². The van der Waals surface area contributed by atoms with Crippen molar-refractivity contribution in [2.45, 2.75) is 24.8 Å². The molecule has 0 atom stereocenters. The second-order valence-corrected chi connectivity index (χ2v) is 9.25. The van der Waals surface area contributed by atoms with Crippen LogP contribution in [0.3, 0.4) is 0 Å². The molecule has 1 aromatic heterocycles. The molecular weight excluding hydrogens is 354 g/mol. The average Bonchev–Trinajstić information content (AvgIpc) is 2.90. The van der Waals surface area contributed by atoms with Crippen LogP contribution in [0.25, 0.3) is 0 Å². The number of hydrogen-bond donors (Lipinski definition) is 0. The zero-order valence-electron chi connectivity index (χ0n) is 13.0. The molecule has 1 aromatic carbocycles. The fourth-order valence-corrected chi connectivity index (χ4v) is 4.41. The maximum Gasteiger partial charge on any atom is 0.223 e. The minimum atomic E-state index is -3.44. The molecule has 0 N–H and O–H groups in total. The summed E-state index contributed by atoms with van der Waals surface area (Å²) >= 11 is 7.27. The Balaban J connectivity index is 1.93. The molecule has 0 saturated heterocycles. The van der Waals surface area contributed by atoms with Gasteiger partial charge in [0.1, 0.15) is 0 Å². The van der Waals surface area contributed by atoms with Gasteiger partial charge < -0.3 is 4.90 Å². The Hall–Kier alpha value is -1.37. The SMILES string of the molecule is Cc1ccc(S(=O)(=O)CCC(=O)N(C)Cc2ccc(Cl)s2)cc1. The molecule has 0 fully saturated rings. The molecule has 0 aliphatic rings. The van der Waals surface area contributed by atoms with Crippen molar-refractivity contribution in [1.29, 1.82) is 0 Å². The Morgan fingerprint density at radius 3 is 2.39 bits per heavy atom. The third-order valence-corrected chi connectivity index (χ3v) is 6.36. The molecule has 0 unspecified atom stereocenters. The summed E-state index contributed by atoms with van der Waals surface area (Å²) < 4.78 is 25.2. The molecule has 23 heavy (non-hydrogen) atoms. The second-order valence-electron chi connectivity index (χ2n) is 5.34.